The highest BCUT2D eigenvalue weighted by atomic mass is 32.1. The molecule has 3 aliphatic rings. The van der Waals surface area contributed by atoms with E-state index in [-0.39, 0.29) is 11.8 Å². The van der Waals surface area contributed by atoms with Gasteiger partial charge in [0.1, 0.15) is 21.6 Å². The summed E-state index contributed by atoms with van der Waals surface area (Å²) in [4.78, 5) is 38.3. The number of hydrogen-bond donors (Lipinski definition) is 2. The van der Waals surface area contributed by atoms with E-state index in [9.17, 15) is 4.79 Å². The lowest BCUT2D eigenvalue weighted by Gasteiger charge is -2.21. The average molecular weight is 519 g/mol. The van der Waals surface area contributed by atoms with Crippen LogP contribution in [0.15, 0.2) is 55.2 Å². The Morgan fingerprint density at radius 3 is 2.71 bits per heavy atom. The Morgan fingerprint density at radius 2 is 1.79 bits per heavy atom. The van der Waals surface area contributed by atoms with Crippen LogP contribution in [0, 0.1) is 5.92 Å². The van der Waals surface area contributed by atoms with E-state index in [0.29, 0.717) is 11.3 Å². The lowest BCUT2D eigenvalue weighted by molar-refractivity contribution is 0.0812. The second-order valence-electron chi connectivity index (χ2n) is 9.93. The predicted octanol–water partition coefficient (Wildman–Crippen LogP) is 6.40. The molecule has 0 radical (unpaired) electrons. The number of carbonyl (C=O) groups is 1. The third-order valence-electron chi connectivity index (χ3n) is 7.60. The molecule has 5 aromatic rings. The van der Waals surface area contributed by atoms with Crippen LogP contribution in [0.25, 0.3) is 64.8 Å². The number of rotatable bonds is 1. The van der Waals surface area contributed by atoms with Crippen LogP contribution in [0.4, 0.5) is 0 Å². The number of hydrogen-bond acceptors (Lipinski definition) is 7. The first kappa shape index (κ1) is 21.6. The lowest BCUT2D eigenvalue weighted by Crippen LogP contribution is -2.24. The first-order chi connectivity index (χ1) is 18.7. The zero-order valence-electron chi connectivity index (χ0n) is 20.3. The fourth-order valence-corrected chi connectivity index (χ4v) is 6.70. The average Bonchev–Trinajstić information content (AvgIpc) is 3.71. The third-order valence-corrected chi connectivity index (χ3v) is 8.70. The molecule has 0 spiro atoms. The summed E-state index contributed by atoms with van der Waals surface area (Å²) in [6.45, 7) is 0. The Bertz CT molecular complexity index is 2060. The summed E-state index contributed by atoms with van der Waals surface area (Å²) < 4.78 is 2.84. The molecule has 9 nitrogen and oxygen atoms in total. The highest BCUT2D eigenvalue weighted by Crippen LogP contribution is 2.33. The van der Waals surface area contributed by atoms with E-state index in [4.69, 9.17) is 9.97 Å². The minimum atomic E-state index is 0.00426. The van der Waals surface area contributed by atoms with Crippen molar-refractivity contribution in [3.05, 3.63) is 55.2 Å². The van der Waals surface area contributed by atoms with E-state index in [1.54, 1.807) is 23.7 Å². The van der Waals surface area contributed by atoms with E-state index < -0.39 is 0 Å². The van der Waals surface area contributed by atoms with Crippen molar-refractivity contribution in [1.82, 2.24) is 39.7 Å². The molecule has 5 aromatic heterocycles. The van der Waals surface area contributed by atoms with E-state index in [2.05, 4.69) is 31.2 Å². The van der Waals surface area contributed by atoms with Gasteiger partial charge >= 0.3 is 0 Å². The van der Waals surface area contributed by atoms with Crippen molar-refractivity contribution in [2.75, 3.05) is 0 Å². The van der Waals surface area contributed by atoms with Crippen LogP contribution >= 0.6 is 11.3 Å². The second kappa shape index (κ2) is 8.29. The maximum absolute atomic E-state index is 14.1. The van der Waals surface area contributed by atoms with Gasteiger partial charge in [-0.15, -0.1) is 11.3 Å². The molecular weight excluding hydrogens is 496 g/mol. The first-order valence-corrected chi connectivity index (χ1v) is 13.6. The summed E-state index contributed by atoms with van der Waals surface area (Å²) in [7, 11) is 0. The van der Waals surface area contributed by atoms with Crippen LogP contribution in [0.1, 0.15) is 36.9 Å². The van der Waals surface area contributed by atoms with E-state index in [1.807, 2.05) is 41.4 Å². The highest BCUT2D eigenvalue weighted by Gasteiger charge is 2.24. The predicted molar refractivity (Wildman–Crippen MR) is 149 cm³/mol. The van der Waals surface area contributed by atoms with Crippen LogP contribution < -0.4 is 0 Å². The quantitative estimate of drug-likeness (QED) is 0.260. The second-order valence-corrected chi connectivity index (χ2v) is 11.0. The molecule has 8 bridgehead atoms. The summed E-state index contributed by atoms with van der Waals surface area (Å²) in [6.07, 6.45) is 14.2. The fourth-order valence-electron chi connectivity index (χ4n) is 5.65. The number of H-pyrrole nitrogens is 2. The van der Waals surface area contributed by atoms with Gasteiger partial charge in [-0.3, -0.25) is 29.5 Å². The number of aromatic nitrogens is 8. The Kier molecular flexibility index (Phi) is 4.72. The van der Waals surface area contributed by atoms with Crippen LogP contribution in [0.3, 0.4) is 0 Å². The number of imidazole rings is 1. The molecule has 1 fully saturated rings. The molecular formula is C28H22N8OS. The van der Waals surface area contributed by atoms with Crippen LogP contribution in [0.5, 0.6) is 0 Å². The van der Waals surface area contributed by atoms with E-state index in [1.165, 1.54) is 6.42 Å². The third kappa shape index (κ3) is 3.30. The van der Waals surface area contributed by atoms with Gasteiger partial charge in [-0.05, 0) is 37.1 Å². The zero-order chi connectivity index (χ0) is 25.2. The lowest BCUT2D eigenvalue weighted by atomic mass is 9.88. The van der Waals surface area contributed by atoms with Gasteiger partial charge in [-0.1, -0.05) is 19.3 Å². The summed E-state index contributed by atoms with van der Waals surface area (Å²) in [5.41, 5.74) is 5.17. The Labute approximate surface area is 219 Å². The normalized spacial score (nSPS) is 14.8. The van der Waals surface area contributed by atoms with Gasteiger partial charge in [-0.25, -0.2) is 15.0 Å². The number of aromatic amines is 2. The molecule has 186 valence electrons. The molecule has 2 aliphatic heterocycles. The van der Waals surface area contributed by atoms with Gasteiger partial charge in [0.15, 0.2) is 11.3 Å². The number of nitrogens with zero attached hydrogens (tertiary/aromatic N) is 6. The van der Waals surface area contributed by atoms with E-state index in [0.717, 1.165) is 79.2 Å². The minimum Gasteiger partial charge on any atom is -0.295 e. The van der Waals surface area contributed by atoms with Crippen molar-refractivity contribution < 1.29 is 4.79 Å². The molecule has 0 saturated heterocycles. The Morgan fingerprint density at radius 1 is 0.921 bits per heavy atom. The molecule has 1 saturated carbocycles. The molecule has 0 atom stereocenters. The van der Waals surface area contributed by atoms with Crippen molar-refractivity contribution in [2.24, 2.45) is 5.92 Å². The van der Waals surface area contributed by atoms with Crippen molar-refractivity contribution in [3.63, 3.8) is 0 Å². The topological polar surface area (TPSA) is 118 Å². The number of fused-ring (bicyclic) bond motifs is 9. The summed E-state index contributed by atoms with van der Waals surface area (Å²) in [5.74, 6) is 0.133. The summed E-state index contributed by atoms with van der Waals surface area (Å²) in [5, 5.41) is 9.01. The number of pyridine rings is 3. The van der Waals surface area contributed by atoms with Gasteiger partial charge < -0.3 is 0 Å². The summed E-state index contributed by atoms with van der Waals surface area (Å²) >= 11 is 1.56. The largest absolute Gasteiger partial charge is 0.295 e. The van der Waals surface area contributed by atoms with Crippen LogP contribution in [0.2, 0.25) is 0 Å². The van der Waals surface area contributed by atoms with Crippen molar-refractivity contribution >= 4 is 70.8 Å². The number of carbonyl (C=O) groups excluding carboxylic acids is 1. The van der Waals surface area contributed by atoms with Crippen LogP contribution in [-0.2, 0) is 0 Å². The molecule has 38 heavy (non-hydrogen) atoms. The molecule has 10 heteroatoms. The van der Waals surface area contributed by atoms with Gasteiger partial charge in [-0.2, -0.15) is 0 Å². The molecule has 7 heterocycles. The van der Waals surface area contributed by atoms with Gasteiger partial charge in [0.25, 0.3) is 0 Å². The van der Waals surface area contributed by atoms with Crippen LogP contribution in [-0.4, -0.2) is 45.6 Å². The van der Waals surface area contributed by atoms with Crippen molar-refractivity contribution in [2.45, 2.75) is 32.1 Å². The van der Waals surface area contributed by atoms with E-state index >= 15 is 0 Å². The highest BCUT2D eigenvalue weighted by molar-refractivity contribution is 7.24. The fraction of sp³-hybridized carbons (Fsp3) is 0.214. The molecule has 1 aliphatic carbocycles. The molecule has 0 unspecified atom stereocenters. The van der Waals surface area contributed by atoms with Crippen molar-refractivity contribution in [1.29, 1.82) is 0 Å². The molecule has 8 rings (SSSR count). The molecule has 0 amide bonds. The smallest absolute Gasteiger partial charge is 0.235 e. The van der Waals surface area contributed by atoms with Gasteiger partial charge in [0.2, 0.25) is 5.91 Å². The number of thiophene rings is 1. The SMILES string of the molecule is O=C(C1CCCCC1)n1c2cncc(c2)c2cnc3[nH][nH]c(c4nc5cncc(c6ccc1s6)c5n4)-c3c2. The maximum Gasteiger partial charge on any atom is 0.235 e. The Balaban J connectivity index is 1.54. The summed E-state index contributed by atoms with van der Waals surface area (Å²) in [6, 6.07) is 8.15. The van der Waals surface area contributed by atoms with Gasteiger partial charge in [0.05, 0.1) is 17.9 Å². The van der Waals surface area contributed by atoms with Gasteiger partial charge in [0, 0.05) is 50.9 Å². The molecule has 2 N–H and O–H groups in total. The minimum absolute atomic E-state index is 0.00426. The zero-order valence-corrected chi connectivity index (χ0v) is 21.1. The number of nitrogens with one attached hydrogen (secondary N) is 2. The maximum atomic E-state index is 14.1. The monoisotopic (exact) mass is 518 g/mol. The standard InChI is InChI=1S/C28H22N8OS/c37-28(15-4-2-1-3-5-15)36-18-8-16(10-29-12-18)17-9-19-25(34-35-26(19)31-11-17)27-32-21-14-30-13-20(24(21)33-27)22-6-7-23(36)38-22/h6-15,34H,1-5H2,(H,31,35). The Hall–Kier alpha value is -4.44. The first-order valence-electron chi connectivity index (χ1n) is 12.8. The van der Waals surface area contributed by atoms with Crippen molar-refractivity contribution in [3.8, 4) is 11.3 Å². The molecule has 0 aromatic carbocycles.